The van der Waals surface area contributed by atoms with Crippen LogP contribution in [0.3, 0.4) is 0 Å². The van der Waals surface area contributed by atoms with E-state index < -0.39 is 0 Å². The van der Waals surface area contributed by atoms with Gasteiger partial charge in [0.1, 0.15) is 0 Å². The van der Waals surface area contributed by atoms with E-state index in [4.69, 9.17) is 5.73 Å². The largest absolute Gasteiger partial charge is 0.321 e. The molecule has 1 aromatic rings. The third-order valence-corrected chi connectivity index (χ3v) is 3.85. The molecule has 0 radical (unpaired) electrons. The molecule has 0 saturated carbocycles. The van der Waals surface area contributed by atoms with E-state index >= 15 is 0 Å². The number of aryl methyl sites for hydroxylation is 1. The Balaban J connectivity index is 2.75. The highest BCUT2D eigenvalue weighted by molar-refractivity contribution is 5.86. The van der Waals surface area contributed by atoms with Gasteiger partial charge < -0.3 is 5.73 Å². The number of carbonyl (C=O) groups excluding carboxylic acids is 1. The third-order valence-electron chi connectivity index (χ3n) is 3.85. The third kappa shape index (κ3) is 3.67. The van der Waals surface area contributed by atoms with Crippen LogP contribution in [0.5, 0.6) is 0 Å². The molecule has 1 aromatic carbocycles. The fourth-order valence-corrected chi connectivity index (χ4v) is 2.09. The summed E-state index contributed by atoms with van der Waals surface area (Å²) in [5.74, 6) is 0.814. The summed E-state index contributed by atoms with van der Waals surface area (Å²) in [6, 6.07) is 7.77. The van der Waals surface area contributed by atoms with E-state index in [1.54, 1.807) is 0 Å². The van der Waals surface area contributed by atoms with Crippen molar-refractivity contribution in [2.75, 3.05) is 0 Å². The summed E-state index contributed by atoms with van der Waals surface area (Å²) in [6.45, 7) is 8.38. The molecule has 2 nitrogen and oxygen atoms in total. The molecule has 0 heterocycles. The lowest BCUT2D eigenvalue weighted by atomic mass is 9.86. The van der Waals surface area contributed by atoms with Crippen molar-refractivity contribution < 1.29 is 4.79 Å². The molecule has 1 rings (SSSR count). The molecule has 0 saturated heterocycles. The van der Waals surface area contributed by atoms with Crippen LogP contribution in [0, 0.1) is 11.8 Å². The molecule has 0 fully saturated rings. The Kier molecular flexibility index (Phi) is 5.54. The average Bonchev–Trinajstić information content (AvgIpc) is 2.37. The maximum Gasteiger partial charge on any atom is 0.154 e. The standard InChI is InChI=1S/C16H25NO/c1-5-13-8-6-7-9-14(13)10-15(18)16(17)12(4)11(2)3/h6-9,11-12,16H,5,10,17H2,1-4H3/t12-,16+/m1/s1. The molecule has 2 heteroatoms. The zero-order valence-electron chi connectivity index (χ0n) is 11.9. The smallest absolute Gasteiger partial charge is 0.154 e. The molecule has 0 bridgehead atoms. The van der Waals surface area contributed by atoms with Gasteiger partial charge in [-0.15, -0.1) is 0 Å². The first-order valence-electron chi connectivity index (χ1n) is 6.82. The average molecular weight is 247 g/mol. The topological polar surface area (TPSA) is 43.1 Å². The molecule has 0 unspecified atom stereocenters. The van der Waals surface area contributed by atoms with Gasteiger partial charge >= 0.3 is 0 Å². The Hall–Kier alpha value is -1.15. The van der Waals surface area contributed by atoms with Gasteiger partial charge in [0, 0.05) is 6.42 Å². The van der Waals surface area contributed by atoms with Crippen LogP contribution >= 0.6 is 0 Å². The molecule has 2 atom stereocenters. The van der Waals surface area contributed by atoms with Crippen LogP contribution in [-0.4, -0.2) is 11.8 Å². The van der Waals surface area contributed by atoms with Gasteiger partial charge in [0.05, 0.1) is 6.04 Å². The molecule has 100 valence electrons. The number of rotatable bonds is 6. The quantitative estimate of drug-likeness (QED) is 0.839. The second-order valence-corrected chi connectivity index (χ2v) is 5.39. The molecular weight excluding hydrogens is 222 g/mol. The van der Waals surface area contributed by atoms with Gasteiger partial charge in [-0.1, -0.05) is 52.0 Å². The molecule has 0 amide bonds. The van der Waals surface area contributed by atoms with Crippen molar-refractivity contribution in [3.63, 3.8) is 0 Å². The molecule has 0 aliphatic heterocycles. The van der Waals surface area contributed by atoms with Gasteiger partial charge in [-0.3, -0.25) is 4.79 Å². The van der Waals surface area contributed by atoms with Gasteiger partial charge in [-0.2, -0.15) is 0 Å². The lowest BCUT2D eigenvalue weighted by molar-refractivity contribution is -0.121. The molecule has 0 aliphatic carbocycles. The molecule has 0 aromatic heterocycles. The van der Waals surface area contributed by atoms with Crippen molar-refractivity contribution in [2.45, 2.75) is 46.6 Å². The van der Waals surface area contributed by atoms with Gasteiger partial charge in [0.25, 0.3) is 0 Å². The number of Topliss-reactive ketones (excluding diaryl/α,β-unsaturated/α-hetero) is 1. The van der Waals surface area contributed by atoms with Crippen LogP contribution in [0.25, 0.3) is 0 Å². The summed E-state index contributed by atoms with van der Waals surface area (Å²) < 4.78 is 0. The van der Waals surface area contributed by atoms with Crippen molar-refractivity contribution in [3.05, 3.63) is 35.4 Å². The number of ketones is 1. The Bertz CT molecular complexity index is 398. The summed E-state index contributed by atoms with van der Waals surface area (Å²) in [4.78, 5) is 12.2. The van der Waals surface area contributed by atoms with Crippen LogP contribution in [-0.2, 0) is 17.6 Å². The molecule has 18 heavy (non-hydrogen) atoms. The van der Waals surface area contributed by atoms with E-state index in [1.807, 2.05) is 18.2 Å². The zero-order chi connectivity index (χ0) is 13.7. The fourth-order valence-electron chi connectivity index (χ4n) is 2.09. The Morgan fingerprint density at radius 1 is 1.17 bits per heavy atom. The number of carbonyl (C=O) groups is 1. The van der Waals surface area contributed by atoms with Crippen LogP contribution < -0.4 is 5.73 Å². The Morgan fingerprint density at radius 3 is 2.22 bits per heavy atom. The number of benzene rings is 1. The van der Waals surface area contributed by atoms with Crippen molar-refractivity contribution >= 4 is 5.78 Å². The first-order chi connectivity index (χ1) is 8.47. The second-order valence-electron chi connectivity index (χ2n) is 5.39. The minimum absolute atomic E-state index is 0.150. The van der Waals surface area contributed by atoms with Crippen molar-refractivity contribution in [1.29, 1.82) is 0 Å². The van der Waals surface area contributed by atoms with Gasteiger partial charge in [0.15, 0.2) is 5.78 Å². The SMILES string of the molecule is CCc1ccccc1CC(=O)[C@@H](N)[C@H](C)C(C)C. The first-order valence-corrected chi connectivity index (χ1v) is 6.82. The van der Waals surface area contributed by atoms with E-state index in [-0.39, 0.29) is 17.7 Å². The predicted molar refractivity (Wildman–Crippen MR) is 76.5 cm³/mol. The number of nitrogens with two attached hydrogens (primary N) is 1. The van der Waals surface area contributed by atoms with E-state index in [2.05, 4.69) is 33.8 Å². The minimum atomic E-state index is -0.352. The van der Waals surface area contributed by atoms with Crippen LogP contribution in [0.15, 0.2) is 24.3 Å². The highest BCUT2D eigenvalue weighted by Crippen LogP contribution is 2.17. The predicted octanol–water partition coefficient (Wildman–Crippen LogP) is 2.98. The zero-order valence-corrected chi connectivity index (χ0v) is 11.9. The monoisotopic (exact) mass is 247 g/mol. The van der Waals surface area contributed by atoms with Crippen LogP contribution in [0.2, 0.25) is 0 Å². The van der Waals surface area contributed by atoms with Crippen LogP contribution in [0.1, 0.15) is 38.8 Å². The molecule has 0 aliphatic rings. The fraction of sp³-hybridized carbons (Fsp3) is 0.562. The minimum Gasteiger partial charge on any atom is -0.321 e. The van der Waals surface area contributed by atoms with Gasteiger partial charge in [0.2, 0.25) is 0 Å². The molecule has 0 spiro atoms. The normalized spacial score (nSPS) is 14.6. The maximum atomic E-state index is 12.2. The first kappa shape index (κ1) is 14.9. The van der Waals surface area contributed by atoms with E-state index in [0.717, 1.165) is 12.0 Å². The van der Waals surface area contributed by atoms with Crippen molar-refractivity contribution in [1.82, 2.24) is 0 Å². The second kappa shape index (κ2) is 6.69. The van der Waals surface area contributed by atoms with E-state index in [9.17, 15) is 4.79 Å². The lowest BCUT2D eigenvalue weighted by Gasteiger charge is -2.22. The summed E-state index contributed by atoms with van der Waals surface area (Å²) >= 11 is 0. The van der Waals surface area contributed by atoms with Crippen LogP contribution in [0.4, 0.5) is 0 Å². The van der Waals surface area contributed by atoms with Crippen molar-refractivity contribution in [3.8, 4) is 0 Å². The highest BCUT2D eigenvalue weighted by atomic mass is 16.1. The Labute approximate surface area is 111 Å². The molecule has 2 N–H and O–H groups in total. The maximum absolute atomic E-state index is 12.2. The molecular formula is C16H25NO. The van der Waals surface area contributed by atoms with Gasteiger partial charge in [-0.05, 0) is 29.4 Å². The van der Waals surface area contributed by atoms with E-state index in [1.165, 1.54) is 5.56 Å². The number of hydrogen-bond donors (Lipinski definition) is 1. The summed E-state index contributed by atoms with van der Waals surface area (Å²) in [5.41, 5.74) is 8.42. The van der Waals surface area contributed by atoms with E-state index in [0.29, 0.717) is 12.3 Å². The van der Waals surface area contributed by atoms with Crippen molar-refractivity contribution in [2.24, 2.45) is 17.6 Å². The summed E-state index contributed by atoms with van der Waals surface area (Å²) in [7, 11) is 0. The lowest BCUT2D eigenvalue weighted by Crippen LogP contribution is -2.40. The summed E-state index contributed by atoms with van der Waals surface area (Å²) in [5, 5.41) is 0. The Morgan fingerprint density at radius 2 is 1.72 bits per heavy atom. The summed E-state index contributed by atoms with van der Waals surface area (Å²) in [6.07, 6.45) is 1.42. The highest BCUT2D eigenvalue weighted by Gasteiger charge is 2.23. The van der Waals surface area contributed by atoms with Gasteiger partial charge in [-0.25, -0.2) is 0 Å². The number of hydrogen-bond acceptors (Lipinski definition) is 2.